The van der Waals surface area contributed by atoms with E-state index in [0.29, 0.717) is 17.4 Å². The van der Waals surface area contributed by atoms with Crippen LogP contribution in [-0.4, -0.2) is 51.1 Å². The van der Waals surface area contributed by atoms with Gasteiger partial charge in [0, 0.05) is 42.9 Å². The van der Waals surface area contributed by atoms with Gasteiger partial charge in [-0.15, -0.1) is 0 Å². The highest BCUT2D eigenvalue weighted by Crippen LogP contribution is 2.28. The molecular weight excluding hydrogens is 546 g/mol. The van der Waals surface area contributed by atoms with E-state index in [9.17, 15) is 14.4 Å². The van der Waals surface area contributed by atoms with Crippen molar-refractivity contribution >= 4 is 34.3 Å². The normalized spacial score (nSPS) is 13.1. The molecule has 0 bridgehead atoms. The summed E-state index contributed by atoms with van der Waals surface area (Å²) >= 11 is 0. The molecule has 2 unspecified atom stereocenters. The van der Waals surface area contributed by atoms with Crippen molar-refractivity contribution in [3.63, 3.8) is 0 Å². The van der Waals surface area contributed by atoms with Crippen molar-refractivity contribution in [2.24, 2.45) is 23.2 Å². The summed E-state index contributed by atoms with van der Waals surface area (Å²) in [6.45, 7) is 1.52. The summed E-state index contributed by atoms with van der Waals surface area (Å²) in [5.41, 5.74) is 14.0. The van der Waals surface area contributed by atoms with Gasteiger partial charge < -0.3 is 27.1 Å². The number of hydrogen-bond acceptors (Lipinski definition) is 7. The maximum absolute atomic E-state index is 13.8. The number of aromatic nitrogens is 2. The quantitative estimate of drug-likeness (QED) is 0.0405. The summed E-state index contributed by atoms with van der Waals surface area (Å²) in [6.07, 6.45) is 3.83. The molecule has 0 aliphatic heterocycles. The van der Waals surface area contributed by atoms with Gasteiger partial charge in [0.25, 0.3) is 11.8 Å². The number of nitrogens with zero attached hydrogens (tertiary/aromatic N) is 2. The van der Waals surface area contributed by atoms with E-state index in [1.807, 2.05) is 60.7 Å². The first kappa shape index (κ1) is 30.9. The fourth-order valence-electron chi connectivity index (χ4n) is 5.00. The molecule has 43 heavy (non-hydrogen) atoms. The number of hydrazine groups is 1. The molecule has 2 amide bonds. The summed E-state index contributed by atoms with van der Waals surface area (Å²) in [5.74, 6) is 4.62. The molecule has 0 saturated heterocycles. The average Bonchev–Trinajstić information content (AvgIpc) is 3.50. The molecule has 12 nitrogen and oxygen atoms in total. The lowest BCUT2D eigenvalue weighted by atomic mass is 9.92. The minimum Gasteiger partial charge on any atom is -0.370 e. The van der Waals surface area contributed by atoms with E-state index in [4.69, 9.17) is 22.7 Å². The van der Waals surface area contributed by atoms with Crippen molar-refractivity contribution in [1.82, 2.24) is 25.6 Å². The molecule has 4 rings (SSSR count). The van der Waals surface area contributed by atoms with Gasteiger partial charge in [0.05, 0.1) is 6.54 Å². The Hall–Kier alpha value is -5.07. The number of amides is 2. The number of carbonyl (C=O) groups excluding carboxylic acids is 3. The number of nitrogens with two attached hydrogens (primary N) is 3. The first-order chi connectivity index (χ1) is 20.6. The molecule has 1 aromatic heterocycles. The number of fused-ring (bicyclic) bond motifs is 1. The fraction of sp³-hybridized carbons (Fsp3) is 0.258. The number of ketones is 1. The number of benzene rings is 3. The Labute approximate surface area is 249 Å². The van der Waals surface area contributed by atoms with Crippen LogP contribution in [0.5, 0.6) is 0 Å². The standard InChI is InChI=1S/C31H37N9O3/c1-19(41)21(17-38-31(33)34)15-27(30(43)40(35)18-20-7-3-2-4-8-20)39-29(42)25-12-11-24(22-9-5-6-10-23(22)25)26(32)16-28-36-13-14-37-28/h2-14,21,26-27H,15-18,32,35H2,1H3,(H,36,37)(H,39,42)(H4,33,34,38)/t21?,26?,27-/m0/s1. The summed E-state index contributed by atoms with van der Waals surface area (Å²) < 4.78 is 0. The average molecular weight is 584 g/mol. The molecule has 0 aliphatic carbocycles. The van der Waals surface area contributed by atoms with Gasteiger partial charge in [-0.3, -0.25) is 24.8 Å². The van der Waals surface area contributed by atoms with Crippen molar-refractivity contribution in [3.8, 4) is 0 Å². The summed E-state index contributed by atoms with van der Waals surface area (Å²) in [4.78, 5) is 47.2. The highest BCUT2D eigenvalue weighted by atomic mass is 16.2. The van der Waals surface area contributed by atoms with Gasteiger partial charge in [-0.1, -0.05) is 60.7 Å². The third-order valence-corrected chi connectivity index (χ3v) is 7.29. The number of imidazole rings is 1. The van der Waals surface area contributed by atoms with Crippen LogP contribution in [0, 0.1) is 11.3 Å². The molecule has 3 atom stereocenters. The Morgan fingerprint density at radius 3 is 2.37 bits per heavy atom. The van der Waals surface area contributed by atoms with Gasteiger partial charge in [-0.2, -0.15) is 0 Å². The summed E-state index contributed by atoms with van der Waals surface area (Å²) in [6, 6.07) is 18.6. The van der Waals surface area contributed by atoms with E-state index in [1.165, 1.54) is 6.92 Å². The van der Waals surface area contributed by atoms with Crippen LogP contribution in [0.25, 0.3) is 10.8 Å². The van der Waals surface area contributed by atoms with Crippen LogP contribution in [0.3, 0.4) is 0 Å². The van der Waals surface area contributed by atoms with Gasteiger partial charge in [0.1, 0.15) is 17.6 Å². The Bertz CT molecular complexity index is 1570. The topological polar surface area (TPSA) is 209 Å². The third-order valence-electron chi connectivity index (χ3n) is 7.29. The first-order valence-corrected chi connectivity index (χ1v) is 13.9. The van der Waals surface area contributed by atoms with Gasteiger partial charge in [0.15, 0.2) is 5.96 Å². The monoisotopic (exact) mass is 583 g/mol. The van der Waals surface area contributed by atoms with Gasteiger partial charge in [-0.05, 0) is 41.3 Å². The third kappa shape index (κ3) is 8.03. The minimum atomic E-state index is -1.14. The molecule has 1 heterocycles. The van der Waals surface area contributed by atoms with Crippen LogP contribution in [0.15, 0.2) is 79.1 Å². The highest BCUT2D eigenvalue weighted by Gasteiger charge is 2.30. The second-order valence-corrected chi connectivity index (χ2v) is 10.4. The number of Topliss-reactive ketones (excluding diaryl/α,β-unsaturated/α-hetero) is 1. The van der Waals surface area contributed by atoms with Gasteiger partial charge in [-0.25, -0.2) is 10.8 Å². The van der Waals surface area contributed by atoms with Crippen molar-refractivity contribution in [3.05, 3.63) is 102 Å². The highest BCUT2D eigenvalue weighted by molar-refractivity contribution is 6.09. The Kier molecular flexibility index (Phi) is 10.2. The number of aromatic amines is 1. The number of guanidine groups is 1. The largest absolute Gasteiger partial charge is 0.370 e. The van der Waals surface area contributed by atoms with Gasteiger partial charge in [0.2, 0.25) is 0 Å². The Morgan fingerprint density at radius 1 is 1.02 bits per heavy atom. The summed E-state index contributed by atoms with van der Waals surface area (Å²) in [5, 5.41) is 15.4. The molecule has 12 heteroatoms. The Morgan fingerprint density at radius 2 is 1.72 bits per heavy atom. The molecular formula is C31H37N9O3. The lowest BCUT2D eigenvalue weighted by Gasteiger charge is -2.27. The molecule has 224 valence electrons. The molecule has 0 spiro atoms. The zero-order chi connectivity index (χ0) is 30.9. The van der Waals surface area contributed by atoms with E-state index in [2.05, 4.69) is 20.6 Å². The Balaban J connectivity index is 1.62. The smallest absolute Gasteiger partial charge is 0.259 e. The molecule has 3 aromatic carbocycles. The molecule has 4 aromatic rings. The lowest BCUT2D eigenvalue weighted by Crippen LogP contribution is -2.52. The number of hydrogen-bond donors (Lipinski definition) is 7. The van der Waals surface area contributed by atoms with Crippen molar-refractivity contribution in [2.45, 2.75) is 38.4 Å². The minimum absolute atomic E-state index is 0.0265. The molecule has 0 fully saturated rings. The second-order valence-electron chi connectivity index (χ2n) is 10.4. The fourth-order valence-corrected chi connectivity index (χ4v) is 5.00. The van der Waals surface area contributed by atoms with Crippen molar-refractivity contribution < 1.29 is 14.4 Å². The summed E-state index contributed by atoms with van der Waals surface area (Å²) in [7, 11) is 0. The molecule has 0 radical (unpaired) electrons. The van der Waals surface area contributed by atoms with Crippen LogP contribution >= 0.6 is 0 Å². The van der Waals surface area contributed by atoms with E-state index < -0.39 is 23.8 Å². The lowest BCUT2D eigenvalue weighted by molar-refractivity contribution is -0.135. The van der Waals surface area contributed by atoms with E-state index in [1.54, 1.807) is 18.5 Å². The molecule has 0 aliphatic rings. The predicted molar refractivity (Wildman–Crippen MR) is 164 cm³/mol. The number of nitrogens with one attached hydrogen (secondary N) is 4. The predicted octanol–water partition coefficient (Wildman–Crippen LogP) is 1.88. The van der Waals surface area contributed by atoms with E-state index >= 15 is 0 Å². The zero-order valence-electron chi connectivity index (χ0n) is 23.9. The first-order valence-electron chi connectivity index (χ1n) is 13.9. The van der Waals surface area contributed by atoms with E-state index in [0.717, 1.165) is 27.3 Å². The van der Waals surface area contributed by atoms with Crippen LogP contribution in [0.1, 0.15) is 46.7 Å². The van der Waals surface area contributed by atoms with Crippen LogP contribution in [-0.2, 0) is 22.6 Å². The SMILES string of the molecule is CC(=O)C(CNC(=N)N)C[C@H](NC(=O)c1ccc(C(N)Cc2ncc[nH]2)c2ccccc12)C(=O)N(N)Cc1ccccc1. The van der Waals surface area contributed by atoms with E-state index in [-0.39, 0.29) is 37.3 Å². The number of rotatable bonds is 13. The van der Waals surface area contributed by atoms with Crippen LogP contribution in [0.2, 0.25) is 0 Å². The van der Waals surface area contributed by atoms with Crippen LogP contribution in [0.4, 0.5) is 0 Å². The van der Waals surface area contributed by atoms with Gasteiger partial charge >= 0.3 is 0 Å². The zero-order valence-corrected chi connectivity index (χ0v) is 23.9. The maximum atomic E-state index is 13.8. The molecule has 10 N–H and O–H groups in total. The van der Waals surface area contributed by atoms with Crippen molar-refractivity contribution in [1.29, 1.82) is 5.41 Å². The molecule has 0 saturated carbocycles. The second kappa shape index (κ2) is 14.2. The van der Waals surface area contributed by atoms with Crippen LogP contribution < -0.4 is 27.9 Å². The maximum Gasteiger partial charge on any atom is 0.259 e. The number of carbonyl (C=O) groups is 3. The number of H-pyrrole nitrogens is 1. The van der Waals surface area contributed by atoms with Crippen molar-refractivity contribution in [2.75, 3.05) is 6.54 Å².